The Morgan fingerprint density at radius 2 is 1.12 bits per heavy atom. The summed E-state index contributed by atoms with van der Waals surface area (Å²) in [6.45, 7) is 3.92. The van der Waals surface area contributed by atoms with Gasteiger partial charge in [-0.25, -0.2) is 0 Å². The second-order valence-electron chi connectivity index (χ2n) is 7.11. The lowest BCUT2D eigenvalue weighted by Gasteiger charge is -2.06. The highest BCUT2D eigenvalue weighted by atomic mass is 16.2. The minimum absolute atomic E-state index is 0.0273. The van der Waals surface area contributed by atoms with E-state index in [2.05, 4.69) is 12.2 Å². The van der Waals surface area contributed by atoms with Gasteiger partial charge in [0.2, 0.25) is 12.2 Å². The van der Waals surface area contributed by atoms with Crippen molar-refractivity contribution < 1.29 is 9.59 Å². The number of carbonyl (C=O) groups excluding carboxylic acids is 2. The highest BCUT2D eigenvalue weighted by Crippen LogP contribution is 2.13. The van der Waals surface area contributed by atoms with Gasteiger partial charge in [0.1, 0.15) is 0 Å². The van der Waals surface area contributed by atoms with Crippen LogP contribution in [0.3, 0.4) is 0 Å². The molecule has 1 amide bonds. The molecule has 3 heteroatoms. The molecule has 141 valence electrons. The molecule has 0 aromatic heterocycles. The second kappa shape index (κ2) is 18.5. The number of rotatable bonds is 18. The van der Waals surface area contributed by atoms with E-state index in [1.807, 2.05) is 0 Å². The fourth-order valence-corrected chi connectivity index (χ4v) is 3.00. The molecule has 1 N–H and O–H groups in total. The zero-order chi connectivity index (χ0) is 17.9. The van der Waals surface area contributed by atoms with Crippen molar-refractivity contribution in [3.63, 3.8) is 0 Å². The summed E-state index contributed by atoms with van der Waals surface area (Å²) in [5.74, 6) is -0.0273. The van der Waals surface area contributed by atoms with Gasteiger partial charge in [0.05, 0.1) is 6.04 Å². The Bertz CT molecular complexity index is 292. The van der Waals surface area contributed by atoms with Gasteiger partial charge in [0.25, 0.3) is 0 Å². The molecule has 3 nitrogen and oxygen atoms in total. The summed E-state index contributed by atoms with van der Waals surface area (Å²) < 4.78 is 0. The highest BCUT2D eigenvalue weighted by molar-refractivity contribution is 5.79. The normalized spacial score (nSPS) is 12.1. The van der Waals surface area contributed by atoms with Gasteiger partial charge < -0.3 is 5.32 Å². The van der Waals surface area contributed by atoms with Gasteiger partial charge in [-0.2, -0.15) is 0 Å². The smallest absolute Gasteiger partial charge is 0.222 e. The molecule has 0 saturated carbocycles. The number of amides is 1. The first-order chi connectivity index (χ1) is 11.7. The van der Waals surface area contributed by atoms with Crippen molar-refractivity contribution in [1.29, 1.82) is 0 Å². The molecule has 1 atom stereocenters. The lowest BCUT2D eigenvalue weighted by Crippen LogP contribution is -2.33. The van der Waals surface area contributed by atoms with Gasteiger partial charge in [-0.1, -0.05) is 96.8 Å². The lowest BCUT2D eigenvalue weighted by molar-refractivity contribution is -0.121. The number of nitrogens with one attached hydrogen (secondary N) is 1. The SMILES string of the molecule is CCCCCCCCCCCCCCCCCC(=O)N[C@@H](C)[C]=O. The van der Waals surface area contributed by atoms with E-state index < -0.39 is 6.04 Å². The molecule has 0 aliphatic rings. The summed E-state index contributed by atoms with van der Waals surface area (Å²) in [7, 11) is 0. The van der Waals surface area contributed by atoms with E-state index in [-0.39, 0.29) is 5.91 Å². The van der Waals surface area contributed by atoms with Crippen molar-refractivity contribution in [2.45, 2.75) is 123 Å². The molecule has 0 rings (SSSR count). The lowest BCUT2D eigenvalue weighted by atomic mass is 10.0. The van der Waals surface area contributed by atoms with Gasteiger partial charge >= 0.3 is 0 Å². The first-order valence-corrected chi connectivity index (χ1v) is 10.4. The summed E-state index contributed by atoms with van der Waals surface area (Å²) in [6, 6.07) is -0.478. The molecule has 0 saturated heterocycles. The Morgan fingerprint density at radius 1 is 0.750 bits per heavy atom. The van der Waals surface area contributed by atoms with Crippen molar-refractivity contribution in [3.05, 3.63) is 0 Å². The molecule has 0 aromatic carbocycles. The van der Waals surface area contributed by atoms with Crippen LogP contribution in [0.15, 0.2) is 0 Å². The number of hydrogen-bond donors (Lipinski definition) is 1. The Kier molecular flexibility index (Phi) is 17.8. The molecule has 1 radical (unpaired) electrons. The predicted octanol–water partition coefficient (Wildman–Crippen LogP) is 5.86. The maximum Gasteiger partial charge on any atom is 0.222 e. The summed E-state index contributed by atoms with van der Waals surface area (Å²) >= 11 is 0. The van der Waals surface area contributed by atoms with Gasteiger partial charge in [0, 0.05) is 6.42 Å². The molecule has 0 heterocycles. The Hall–Kier alpha value is -0.860. The summed E-state index contributed by atoms with van der Waals surface area (Å²) in [5, 5.41) is 2.62. The minimum atomic E-state index is -0.478. The molecule has 0 unspecified atom stereocenters. The van der Waals surface area contributed by atoms with Crippen molar-refractivity contribution in [2.24, 2.45) is 0 Å². The average Bonchev–Trinajstić information content (AvgIpc) is 2.58. The van der Waals surface area contributed by atoms with Crippen LogP contribution in [0.5, 0.6) is 0 Å². The second-order valence-corrected chi connectivity index (χ2v) is 7.11. The third-order valence-electron chi connectivity index (χ3n) is 4.56. The van der Waals surface area contributed by atoms with Gasteiger partial charge in [-0.15, -0.1) is 0 Å². The van der Waals surface area contributed by atoms with E-state index >= 15 is 0 Å². The number of unbranched alkanes of at least 4 members (excludes halogenated alkanes) is 14. The topological polar surface area (TPSA) is 46.2 Å². The first kappa shape index (κ1) is 23.1. The van der Waals surface area contributed by atoms with E-state index in [0.717, 1.165) is 12.8 Å². The predicted molar refractivity (Wildman–Crippen MR) is 103 cm³/mol. The molecule has 24 heavy (non-hydrogen) atoms. The zero-order valence-electron chi connectivity index (χ0n) is 16.2. The highest BCUT2D eigenvalue weighted by Gasteiger charge is 2.05. The molecular formula is C21H40NO2. The molecule has 0 aromatic rings. The Morgan fingerprint density at radius 3 is 1.50 bits per heavy atom. The van der Waals surface area contributed by atoms with Crippen LogP contribution in [0, 0.1) is 0 Å². The monoisotopic (exact) mass is 338 g/mol. The molecule has 0 spiro atoms. The Balaban J connectivity index is 3.12. The molecular weight excluding hydrogens is 298 g/mol. The maximum atomic E-state index is 11.5. The van der Waals surface area contributed by atoms with E-state index in [0.29, 0.717) is 6.42 Å². The van der Waals surface area contributed by atoms with Crippen LogP contribution in [0.1, 0.15) is 117 Å². The fraction of sp³-hybridized carbons (Fsp3) is 0.905. The average molecular weight is 339 g/mol. The van der Waals surface area contributed by atoms with Crippen molar-refractivity contribution in [3.8, 4) is 0 Å². The van der Waals surface area contributed by atoms with E-state index in [1.54, 1.807) is 13.2 Å². The Labute approximate surface area is 150 Å². The van der Waals surface area contributed by atoms with Crippen LogP contribution in [-0.2, 0) is 9.59 Å². The van der Waals surface area contributed by atoms with E-state index in [9.17, 15) is 9.59 Å². The molecule has 0 bridgehead atoms. The van der Waals surface area contributed by atoms with Crippen LogP contribution >= 0.6 is 0 Å². The molecule has 0 aliphatic carbocycles. The molecule has 0 fully saturated rings. The standard InChI is InChI=1S/C21H40NO2/c1-3-4-5-6-7-8-9-10-11-12-13-14-15-16-17-18-21(24)22-20(2)19-23/h20H,3-18H2,1-2H3,(H,22,24)/t20-/m0/s1. The van der Waals surface area contributed by atoms with Crippen molar-refractivity contribution in [1.82, 2.24) is 5.32 Å². The fourth-order valence-electron chi connectivity index (χ4n) is 3.00. The zero-order valence-corrected chi connectivity index (χ0v) is 16.2. The third kappa shape index (κ3) is 17.5. The van der Waals surface area contributed by atoms with E-state index in [1.165, 1.54) is 83.5 Å². The minimum Gasteiger partial charge on any atom is -0.346 e. The summed E-state index contributed by atoms with van der Waals surface area (Å²) in [4.78, 5) is 21.8. The van der Waals surface area contributed by atoms with Gasteiger partial charge in [-0.05, 0) is 13.3 Å². The maximum absolute atomic E-state index is 11.5. The van der Waals surface area contributed by atoms with Crippen LogP contribution in [-0.4, -0.2) is 18.2 Å². The van der Waals surface area contributed by atoms with Crippen LogP contribution in [0.4, 0.5) is 0 Å². The van der Waals surface area contributed by atoms with E-state index in [4.69, 9.17) is 0 Å². The quantitative estimate of drug-likeness (QED) is 0.318. The number of hydrogen-bond acceptors (Lipinski definition) is 2. The van der Waals surface area contributed by atoms with Crippen LogP contribution < -0.4 is 5.32 Å². The number of carbonyl (C=O) groups is 1. The third-order valence-corrected chi connectivity index (χ3v) is 4.56. The summed E-state index contributed by atoms with van der Waals surface area (Å²) in [6.07, 6.45) is 22.2. The van der Waals surface area contributed by atoms with Crippen LogP contribution in [0.25, 0.3) is 0 Å². The van der Waals surface area contributed by atoms with Crippen LogP contribution in [0.2, 0.25) is 0 Å². The first-order valence-electron chi connectivity index (χ1n) is 10.4. The summed E-state index contributed by atoms with van der Waals surface area (Å²) in [5.41, 5.74) is 0. The molecule has 0 aliphatic heterocycles. The van der Waals surface area contributed by atoms with Gasteiger partial charge in [0.15, 0.2) is 0 Å². The largest absolute Gasteiger partial charge is 0.346 e. The van der Waals surface area contributed by atoms with Gasteiger partial charge in [-0.3, -0.25) is 9.59 Å². The van der Waals surface area contributed by atoms with Crippen molar-refractivity contribution >= 4 is 12.2 Å². The van der Waals surface area contributed by atoms with Crippen molar-refractivity contribution in [2.75, 3.05) is 0 Å².